The molecule has 4 heteroatoms. The largest absolute Gasteiger partial charge is 0.360 e. The summed E-state index contributed by atoms with van der Waals surface area (Å²) >= 11 is 0. The molecule has 0 bridgehead atoms. The van der Waals surface area contributed by atoms with Gasteiger partial charge in [0.25, 0.3) is 0 Å². The van der Waals surface area contributed by atoms with Crippen molar-refractivity contribution in [3.63, 3.8) is 0 Å². The van der Waals surface area contributed by atoms with E-state index in [-0.39, 0.29) is 5.78 Å². The van der Waals surface area contributed by atoms with E-state index in [2.05, 4.69) is 64.7 Å². The van der Waals surface area contributed by atoms with Crippen LogP contribution >= 0.6 is 0 Å². The van der Waals surface area contributed by atoms with Gasteiger partial charge in [0.05, 0.1) is 6.04 Å². The van der Waals surface area contributed by atoms with Crippen molar-refractivity contribution in [3.8, 4) is 11.1 Å². The lowest BCUT2D eigenvalue weighted by Crippen LogP contribution is -2.30. The molecule has 0 aliphatic carbocycles. The first-order valence-corrected chi connectivity index (χ1v) is 12.0. The fraction of sp³-hybridized carbons (Fsp3) is 0.161. The van der Waals surface area contributed by atoms with Gasteiger partial charge in [0.2, 0.25) is 0 Å². The van der Waals surface area contributed by atoms with Gasteiger partial charge in [-0.2, -0.15) is 0 Å². The maximum Gasteiger partial charge on any atom is 0.186 e. The first-order valence-electron chi connectivity index (χ1n) is 12.0. The highest BCUT2D eigenvalue weighted by Gasteiger charge is 2.24. The number of H-pyrrole nitrogens is 1. The van der Waals surface area contributed by atoms with Crippen molar-refractivity contribution in [2.75, 3.05) is 6.54 Å². The first kappa shape index (κ1) is 22.8. The molecule has 0 aliphatic rings. The number of fused-ring (bicyclic) bond motifs is 1. The molecule has 0 saturated heterocycles. The molecule has 0 fully saturated rings. The zero-order valence-electron chi connectivity index (χ0n) is 20.1. The topological polar surface area (TPSA) is 57.8 Å². The van der Waals surface area contributed by atoms with Crippen LogP contribution in [-0.2, 0) is 6.42 Å². The fourth-order valence-electron chi connectivity index (χ4n) is 4.43. The summed E-state index contributed by atoms with van der Waals surface area (Å²) in [4.78, 5) is 21.5. The molecule has 3 aromatic carbocycles. The van der Waals surface area contributed by atoms with E-state index in [0.29, 0.717) is 12.1 Å². The van der Waals surface area contributed by atoms with Gasteiger partial charge in [0, 0.05) is 46.7 Å². The Balaban J connectivity index is 1.40. The standard InChI is InChI=1S/C31H29N3O/c1-21-8-11-23(12-9-21)16-17-32-30(24-6-4-3-5-7-24)31(35)28-20-34-29-18-25(14-15-27(28)29)26-13-10-22(2)33-19-26/h3-15,18-20,30,32,34H,16-17H2,1-2H3/t30-/m1/s1. The number of rotatable bonds is 8. The van der Waals surface area contributed by atoms with Gasteiger partial charge in [-0.3, -0.25) is 9.78 Å². The van der Waals surface area contributed by atoms with Gasteiger partial charge in [0.15, 0.2) is 5.78 Å². The van der Waals surface area contributed by atoms with Crippen molar-refractivity contribution in [1.82, 2.24) is 15.3 Å². The zero-order valence-corrected chi connectivity index (χ0v) is 20.1. The first-order chi connectivity index (χ1) is 17.1. The molecule has 4 nitrogen and oxygen atoms in total. The number of aryl methyl sites for hydroxylation is 2. The van der Waals surface area contributed by atoms with Gasteiger partial charge in [-0.15, -0.1) is 0 Å². The minimum absolute atomic E-state index is 0.0658. The number of Topliss-reactive ketones (excluding diaryl/α,β-unsaturated/α-hetero) is 1. The van der Waals surface area contributed by atoms with E-state index in [1.807, 2.05) is 61.8 Å². The second-order valence-corrected chi connectivity index (χ2v) is 9.05. The van der Waals surface area contributed by atoms with E-state index in [0.717, 1.165) is 39.7 Å². The summed E-state index contributed by atoms with van der Waals surface area (Å²) in [5.41, 5.74) is 8.24. The van der Waals surface area contributed by atoms with Crippen molar-refractivity contribution in [1.29, 1.82) is 0 Å². The number of aromatic nitrogens is 2. The van der Waals surface area contributed by atoms with E-state index in [9.17, 15) is 4.79 Å². The molecular weight excluding hydrogens is 430 g/mol. The number of carbonyl (C=O) groups is 1. The molecule has 1 atom stereocenters. The minimum atomic E-state index is -0.415. The van der Waals surface area contributed by atoms with Gasteiger partial charge < -0.3 is 10.3 Å². The smallest absolute Gasteiger partial charge is 0.186 e. The van der Waals surface area contributed by atoms with Gasteiger partial charge >= 0.3 is 0 Å². The van der Waals surface area contributed by atoms with E-state index in [1.54, 1.807) is 0 Å². The number of nitrogens with zero attached hydrogens (tertiary/aromatic N) is 1. The van der Waals surface area contributed by atoms with Crippen molar-refractivity contribution >= 4 is 16.7 Å². The summed E-state index contributed by atoms with van der Waals surface area (Å²) < 4.78 is 0. The highest BCUT2D eigenvalue weighted by Crippen LogP contribution is 2.29. The Bertz CT molecular complexity index is 1430. The van der Waals surface area contributed by atoms with E-state index in [1.165, 1.54) is 11.1 Å². The number of hydrogen-bond donors (Lipinski definition) is 2. The van der Waals surface area contributed by atoms with Gasteiger partial charge in [-0.1, -0.05) is 78.4 Å². The average molecular weight is 460 g/mol. The third-order valence-corrected chi connectivity index (χ3v) is 6.47. The van der Waals surface area contributed by atoms with Crippen LogP contribution in [0.25, 0.3) is 22.0 Å². The lowest BCUT2D eigenvalue weighted by Gasteiger charge is -2.18. The van der Waals surface area contributed by atoms with Crippen molar-refractivity contribution in [2.45, 2.75) is 26.3 Å². The van der Waals surface area contributed by atoms with Crippen LogP contribution in [0.1, 0.15) is 38.8 Å². The van der Waals surface area contributed by atoms with Crippen LogP contribution in [0.15, 0.2) is 97.3 Å². The normalized spacial score (nSPS) is 12.1. The van der Waals surface area contributed by atoms with Gasteiger partial charge in [-0.25, -0.2) is 0 Å². The molecule has 35 heavy (non-hydrogen) atoms. The summed E-state index contributed by atoms with van der Waals surface area (Å²) in [6.07, 6.45) is 4.58. The molecular formula is C31H29N3O. The molecule has 0 radical (unpaired) electrons. The second kappa shape index (κ2) is 10.1. The van der Waals surface area contributed by atoms with Crippen LogP contribution in [0.4, 0.5) is 0 Å². The molecule has 0 unspecified atom stereocenters. The molecule has 174 valence electrons. The van der Waals surface area contributed by atoms with Crippen molar-refractivity contribution in [2.24, 2.45) is 0 Å². The quantitative estimate of drug-likeness (QED) is 0.257. The molecule has 2 aromatic heterocycles. The Morgan fingerprint density at radius 1 is 0.914 bits per heavy atom. The highest BCUT2D eigenvalue weighted by molar-refractivity contribution is 6.11. The number of nitrogens with one attached hydrogen (secondary N) is 2. The summed E-state index contributed by atoms with van der Waals surface area (Å²) in [6, 6.07) is 28.4. The molecule has 5 aromatic rings. The second-order valence-electron chi connectivity index (χ2n) is 9.05. The van der Waals surface area contributed by atoms with Crippen LogP contribution < -0.4 is 5.32 Å². The average Bonchev–Trinajstić information content (AvgIpc) is 3.32. The number of hydrogen-bond acceptors (Lipinski definition) is 3. The minimum Gasteiger partial charge on any atom is -0.360 e. The monoisotopic (exact) mass is 459 g/mol. The number of ketones is 1. The van der Waals surface area contributed by atoms with E-state index >= 15 is 0 Å². The Morgan fingerprint density at radius 3 is 2.43 bits per heavy atom. The summed E-state index contributed by atoms with van der Waals surface area (Å²) in [7, 11) is 0. The predicted octanol–water partition coefficient (Wildman–Crippen LogP) is 6.60. The maximum absolute atomic E-state index is 13.8. The third-order valence-electron chi connectivity index (χ3n) is 6.47. The fourth-order valence-corrected chi connectivity index (χ4v) is 4.43. The zero-order chi connectivity index (χ0) is 24.2. The lowest BCUT2D eigenvalue weighted by atomic mass is 9.96. The Kier molecular flexibility index (Phi) is 6.55. The number of aromatic amines is 1. The van der Waals surface area contributed by atoms with E-state index in [4.69, 9.17) is 0 Å². The molecule has 2 heterocycles. The van der Waals surface area contributed by atoms with Crippen LogP contribution in [0, 0.1) is 13.8 Å². The molecule has 0 saturated carbocycles. The molecule has 2 N–H and O–H groups in total. The molecule has 5 rings (SSSR count). The lowest BCUT2D eigenvalue weighted by molar-refractivity contribution is 0.0945. The van der Waals surface area contributed by atoms with Crippen molar-refractivity contribution in [3.05, 3.63) is 125 Å². The number of benzene rings is 3. The Morgan fingerprint density at radius 2 is 1.69 bits per heavy atom. The number of pyridine rings is 1. The number of carbonyl (C=O) groups excluding carboxylic acids is 1. The van der Waals surface area contributed by atoms with Crippen LogP contribution in [0.5, 0.6) is 0 Å². The predicted molar refractivity (Wildman–Crippen MR) is 143 cm³/mol. The third kappa shape index (κ3) is 5.08. The SMILES string of the molecule is Cc1ccc(CCN[C@@H](C(=O)c2c[nH]c3cc(-c4ccc(C)nc4)ccc23)c2ccccc2)cc1. The van der Waals surface area contributed by atoms with Crippen molar-refractivity contribution < 1.29 is 4.79 Å². The van der Waals surface area contributed by atoms with Crippen LogP contribution in [0.3, 0.4) is 0 Å². The van der Waals surface area contributed by atoms with Crippen LogP contribution in [0.2, 0.25) is 0 Å². The van der Waals surface area contributed by atoms with Crippen LogP contribution in [-0.4, -0.2) is 22.3 Å². The summed E-state index contributed by atoms with van der Waals surface area (Å²) in [5.74, 6) is 0.0658. The molecule has 0 amide bonds. The summed E-state index contributed by atoms with van der Waals surface area (Å²) in [5, 5.41) is 4.45. The highest BCUT2D eigenvalue weighted by atomic mass is 16.1. The van der Waals surface area contributed by atoms with E-state index < -0.39 is 6.04 Å². The van der Waals surface area contributed by atoms with Gasteiger partial charge in [-0.05, 0) is 49.1 Å². The Hall–Kier alpha value is -4.02. The Labute approximate surface area is 206 Å². The molecule has 0 spiro atoms. The summed E-state index contributed by atoms with van der Waals surface area (Å²) in [6.45, 7) is 4.78. The maximum atomic E-state index is 13.8. The molecule has 0 aliphatic heterocycles. The van der Waals surface area contributed by atoms with Gasteiger partial charge in [0.1, 0.15) is 0 Å².